The highest BCUT2D eigenvalue weighted by Crippen LogP contribution is 2.40. The molecule has 18 heavy (non-hydrogen) atoms. The van der Waals surface area contributed by atoms with Gasteiger partial charge in [0.1, 0.15) is 0 Å². The number of aliphatic hydroxyl groups is 1. The van der Waals surface area contributed by atoms with Gasteiger partial charge in [0.25, 0.3) is 0 Å². The highest BCUT2D eigenvalue weighted by Gasteiger charge is 2.37. The molecule has 1 aromatic carbocycles. The number of Topliss-reactive ketones (excluding diaryl/α,β-unsaturated/α-hetero) is 1. The lowest BCUT2D eigenvalue weighted by molar-refractivity contribution is -0.136. The third-order valence-corrected chi connectivity index (χ3v) is 3.76. The number of carbonyl (C=O) groups is 2. The molecular weight excluding hydrogens is 232 g/mol. The second-order valence-electron chi connectivity index (χ2n) is 4.93. The Labute approximate surface area is 105 Å². The summed E-state index contributed by atoms with van der Waals surface area (Å²) in [5.41, 5.74) is 3.37. The minimum absolute atomic E-state index is 0.0643. The fraction of sp³-hybridized carbons (Fsp3) is 0.429. The minimum Gasteiger partial charge on any atom is -0.481 e. The van der Waals surface area contributed by atoms with E-state index in [1.807, 2.05) is 0 Å². The summed E-state index contributed by atoms with van der Waals surface area (Å²) in [6, 6.07) is 1.70. The molecule has 4 heteroatoms. The van der Waals surface area contributed by atoms with Crippen molar-refractivity contribution in [2.45, 2.75) is 33.3 Å². The molecule has 4 nitrogen and oxygen atoms in total. The minimum atomic E-state index is -0.909. The Morgan fingerprint density at radius 3 is 2.56 bits per heavy atom. The second kappa shape index (κ2) is 4.21. The number of hydrogen-bond donors (Lipinski definition) is 2. The first kappa shape index (κ1) is 12.8. The molecule has 0 heterocycles. The standard InChI is InChI=1S/C14H16O4/c1-6-4-10-12(14(18)8(3)13(10)17)7(2)9(6)5-11(15)16/h4,8,14,18H,5H2,1-3H3,(H,15,16)/t8-,14-/m0/s1. The van der Waals surface area contributed by atoms with E-state index in [0.29, 0.717) is 16.7 Å². The van der Waals surface area contributed by atoms with Gasteiger partial charge in [0, 0.05) is 11.5 Å². The highest BCUT2D eigenvalue weighted by molar-refractivity contribution is 6.03. The summed E-state index contributed by atoms with van der Waals surface area (Å²) in [5, 5.41) is 19.0. The number of aliphatic carboxylic acids is 1. The molecule has 2 atom stereocenters. The smallest absolute Gasteiger partial charge is 0.307 e. The van der Waals surface area contributed by atoms with Gasteiger partial charge in [-0.3, -0.25) is 9.59 Å². The molecule has 2 rings (SSSR count). The molecule has 0 unspecified atom stereocenters. The predicted octanol–water partition coefficient (Wildman–Crippen LogP) is 1.80. The van der Waals surface area contributed by atoms with E-state index in [-0.39, 0.29) is 12.2 Å². The maximum Gasteiger partial charge on any atom is 0.307 e. The van der Waals surface area contributed by atoms with Crippen molar-refractivity contribution in [1.29, 1.82) is 0 Å². The first-order chi connectivity index (χ1) is 8.34. The average molecular weight is 248 g/mol. The largest absolute Gasteiger partial charge is 0.481 e. The third kappa shape index (κ3) is 1.73. The van der Waals surface area contributed by atoms with Crippen LogP contribution in [0.25, 0.3) is 0 Å². The van der Waals surface area contributed by atoms with E-state index in [4.69, 9.17) is 5.11 Å². The van der Waals surface area contributed by atoms with Crippen LogP contribution in [-0.4, -0.2) is 22.0 Å². The molecule has 0 aliphatic heterocycles. The second-order valence-corrected chi connectivity index (χ2v) is 4.93. The quantitative estimate of drug-likeness (QED) is 0.836. The molecule has 0 saturated carbocycles. The van der Waals surface area contributed by atoms with Crippen LogP contribution in [0.4, 0.5) is 0 Å². The molecule has 96 valence electrons. The Hall–Kier alpha value is -1.68. The zero-order chi connectivity index (χ0) is 13.6. The Balaban J connectivity index is 2.64. The fourth-order valence-electron chi connectivity index (χ4n) is 2.69. The molecule has 0 amide bonds. The van der Waals surface area contributed by atoms with Gasteiger partial charge in [-0.25, -0.2) is 0 Å². The molecule has 0 spiro atoms. The van der Waals surface area contributed by atoms with E-state index in [1.165, 1.54) is 0 Å². The van der Waals surface area contributed by atoms with Crippen LogP contribution in [0.15, 0.2) is 6.07 Å². The fourth-order valence-corrected chi connectivity index (χ4v) is 2.69. The van der Waals surface area contributed by atoms with Crippen LogP contribution in [-0.2, 0) is 11.2 Å². The number of carboxylic acids is 1. The monoisotopic (exact) mass is 248 g/mol. The van der Waals surface area contributed by atoms with Crippen LogP contribution in [0.1, 0.15) is 45.6 Å². The lowest BCUT2D eigenvalue weighted by atomic mass is 9.91. The van der Waals surface area contributed by atoms with Gasteiger partial charge in [-0.1, -0.05) is 6.92 Å². The maximum absolute atomic E-state index is 12.0. The first-order valence-corrected chi connectivity index (χ1v) is 5.91. The number of aliphatic hydroxyl groups excluding tert-OH is 1. The Morgan fingerprint density at radius 2 is 2.00 bits per heavy atom. The predicted molar refractivity (Wildman–Crippen MR) is 65.7 cm³/mol. The summed E-state index contributed by atoms with van der Waals surface area (Å²) in [4.78, 5) is 22.8. The van der Waals surface area contributed by atoms with E-state index in [2.05, 4.69) is 0 Å². The van der Waals surface area contributed by atoms with Crippen molar-refractivity contribution in [1.82, 2.24) is 0 Å². The average Bonchev–Trinajstić information content (AvgIpc) is 2.49. The Morgan fingerprint density at radius 1 is 1.39 bits per heavy atom. The van der Waals surface area contributed by atoms with Gasteiger partial charge in [-0.05, 0) is 42.2 Å². The molecule has 0 aromatic heterocycles. The lowest BCUT2D eigenvalue weighted by Gasteiger charge is -2.15. The van der Waals surface area contributed by atoms with Gasteiger partial charge in [0.2, 0.25) is 0 Å². The van der Waals surface area contributed by atoms with Crippen LogP contribution in [0, 0.1) is 19.8 Å². The van der Waals surface area contributed by atoms with Gasteiger partial charge < -0.3 is 10.2 Å². The van der Waals surface area contributed by atoms with Crippen LogP contribution in [0.3, 0.4) is 0 Å². The van der Waals surface area contributed by atoms with E-state index in [0.717, 1.165) is 11.1 Å². The lowest BCUT2D eigenvalue weighted by Crippen LogP contribution is -2.09. The van der Waals surface area contributed by atoms with E-state index in [1.54, 1.807) is 26.8 Å². The Kier molecular flexibility index (Phi) is 2.99. The van der Waals surface area contributed by atoms with Crippen molar-refractivity contribution in [2.24, 2.45) is 5.92 Å². The van der Waals surface area contributed by atoms with E-state index in [9.17, 15) is 14.7 Å². The Bertz CT molecular complexity index is 545. The van der Waals surface area contributed by atoms with Crippen LogP contribution >= 0.6 is 0 Å². The van der Waals surface area contributed by atoms with Crippen LogP contribution in [0.2, 0.25) is 0 Å². The number of carboxylic acid groups (broad SMARTS) is 1. The molecule has 0 fully saturated rings. The molecule has 0 saturated heterocycles. The van der Waals surface area contributed by atoms with Crippen LogP contribution < -0.4 is 0 Å². The summed E-state index contributed by atoms with van der Waals surface area (Å²) in [7, 11) is 0. The van der Waals surface area contributed by atoms with Gasteiger partial charge in [-0.2, -0.15) is 0 Å². The topological polar surface area (TPSA) is 74.6 Å². The molecule has 2 N–H and O–H groups in total. The van der Waals surface area contributed by atoms with Crippen molar-refractivity contribution in [2.75, 3.05) is 0 Å². The van der Waals surface area contributed by atoms with Gasteiger partial charge in [0.15, 0.2) is 5.78 Å². The number of carbonyl (C=O) groups excluding carboxylic acids is 1. The third-order valence-electron chi connectivity index (χ3n) is 3.76. The van der Waals surface area contributed by atoms with E-state index < -0.39 is 18.0 Å². The van der Waals surface area contributed by atoms with E-state index >= 15 is 0 Å². The summed E-state index contributed by atoms with van der Waals surface area (Å²) >= 11 is 0. The highest BCUT2D eigenvalue weighted by atomic mass is 16.4. The molecular formula is C14H16O4. The van der Waals surface area contributed by atoms with Gasteiger partial charge >= 0.3 is 5.97 Å². The normalized spacial score (nSPS) is 22.1. The number of benzene rings is 1. The summed E-state index contributed by atoms with van der Waals surface area (Å²) < 4.78 is 0. The zero-order valence-corrected chi connectivity index (χ0v) is 10.7. The maximum atomic E-state index is 12.0. The first-order valence-electron chi connectivity index (χ1n) is 5.91. The summed E-state index contributed by atoms with van der Waals surface area (Å²) in [6.45, 7) is 5.27. The van der Waals surface area contributed by atoms with Crippen molar-refractivity contribution >= 4 is 11.8 Å². The summed E-state index contributed by atoms with van der Waals surface area (Å²) in [5.74, 6) is -1.42. The van der Waals surface area contributed by atoms with Crippen molar-refractivity contribution in [3.8, 4) is 0 Å². The molecule has 1 aliphatic rings. The SMILES string of the molecule is Cc1cc2c(c(C)c1CC(=O)O)[C@@H](O)[C@@H](C)C2=O. The van der Waals surface area contributed by atoms with Crippen LogP contribution in [0.5, 0.6) is 0 Å². The number of aryl methyl sites for hydroxylation is 1. The number of fused-ring (bicyclic) bond motifs is 1. The van der Waals surface area contributed by atoms with Gasteiger partial charge in [-0.15, -0.1) is 0 Å². The van der Waals surface area contributed by atoms with Gasteiger partial charge in [0.05, 0.1) is 12.5 Å². The number of rotatable bonds is 2. The van der Waals surface area contributed by atoms with Crippen molar-refractivity contribution in [3.63, 3.8) is 0 Å². The molecule has 0 bridgehead atoms. The molecule has 1 aliphatic carbocycles. The zero-order valence-electron chi connectivity index (χ0n) is 10.7. The number of ketones is 1. The van der Waals surface area contributed by atoms with Crippen molar-refractivity contribution in [3.05, 3.63) is 33.9 Å². The molecule has 1 aromatic rings. The number of hydrogen-bond acceptors (Lipinski definition) is 3. The molecule has 0 radical (unpaired) electrons. The van der Waals surface area contributed by atoms with Crippen molar-refractivity contribution < 1.29 is 19.8 Å². The summed E-state index contributed by atoms with van der Waals surface area (Å²) in [6.07, 6.45) is -0.902.